The average molecular weight is 234 g/mol. The van der Waals surface area contributed by atoms with Crippen LogP contribution in [0.15, 0.2) is 0 Å². The largest absolute Gasteiger partial charge is 0.398 e. The Morgan fingerprint density at radius 2 is 2.00 bits per heavy atom. The van der Waals surface area contributed by atoms with Gasteiger partial charge in [0.05, 0.1) is 19.3 Å². The van der Waals surface area contributed by atoms with Gasteiger partial charge in [0.2, 0.25) is 0 Å². The van der Waals surface area contributed by atoms with Crippen molar-refractivity contribution in [1.82, 2.24) is 0 Å². The molecular formula is C10H22O4Si. The first kappa shape index (κ1) is 13.1. The fraction of sp³-hybridized carbons (Fsp3) is 1.00. The van der Waals surface area contributed by atoms with E-state index in [1.807, 2.05) is 0 Å². The van der Waals surface area contributed by atoms with E-state index in [1.54, 1.807) is 14.2 Å². The van der Waals surface area contributed by atoms with Crippen molar-refractivity contribution >= 4 is 8.56 Å². The maximum atomic E-state index is 5.68. The Labute approximate surface area is 93.1 Å². The van der Waals surface area contributed by atoms with Crippen LogP contribution in [0.3, 0.4) is 0 Å². The van der Waals surface area contributed by atoms with Gasteiger partial charge in [0.25, 0.3) is 0 Å². The van der Waals surface area contributed by atoms with E-state index >= 15 is 0 Å². The molecule has 1 fully saturated rings. The second kappa shape index (κ2) is 5.96. The molecule has 0 N–H and O–H groups in total. The molecule has 1 heterocycles. The normalized spacial score (nSPS) is 22.8. The smallest absolute Gasteiger partial charge is 0.339 e. The summed E-state index contributed by atoms with van der Waals surface area (Å²) in [5, 5.41) is 0. The molecule has 0 aromatic carbocycles. The molecule has 0 aliphatic carbocycles. The van der Waals surface area contributed by atoms with Gasteiger partial charge in [-0.15, -0.1) is 0 Å². The highest BCUT2D eigenvalue weighted by Gasteiger charge is 2.36. The molecule has 1 aliphatic heterocycles. The van der Waals surface area contributed by atoms with Gasteiger partial charge >= 0.3 is 8.56 Å². The van der Waals surface area contributed by atoms with Crippen molar-refractivity contribution < 1.29 is 18.3 Å². The minimum Gasteiger partial charge on any atom is -0.398 e. The van der Waals surface area contributed by atoms with E-state index in [0.29, 0.717) is 12.7 Å². The lowest BCUT2D eigenvalue weighted by Gasteiger charge is -2.28. The van der Waals surface area contributed by atoms with Gasteiger partial charge in [-0.2, -0.15) is 0 Å². The number of ether oxygens (including phenoxy) is 2. The van der Waals surface area contributed by atoms with Crippen LogP contribution < -0.4 is 0 Å². The summed E-state index contributed by atoms with van der Waals surface area (Å²) in [6.07, 6.45) is 0.510. The van der Waals surface area contributed by atoms with Crippen LogP contribution in [0.1, 0.15) is 13.8 Å². The summed E-state index contributed by atoms with van der Waals surface area (Å²) in [5.74, 6) is 0. The standard InChI is InChI=1S/C10H22O4Si/c1-5-15(11-3,12-4)8-9(2)13-6-10-7-14-10/h9-10H,5-8H2,1-4H3. The Kier molecular flexibility index (Phi) is 5.21. The van der Waals surface area contributed by atoms with Gasteiger partial charge in [-0.1, -0.05) is 6.92 Å². The van der Waals surface area contributed by atoms with Crippen LogP contribution in [0.4, 0.5) is 0 Å². The Balaban J connectivity index is 2.27. The lowest BCUT2D eigenvalue weighted by atomic mass is 10.4. The van der Waals surface area contributed by atoms with Gasteiger partial charge < -0.3 is 18.3 Å². The molecule has 0 radical (unpaired) electrons. The van der Waals surface area contributed by atoms with Crippen molar-refractivity contribution in [3.8, 4) is 0 Å². The highest BCUT2D eigenvalue weighted by Crippen LogP contribution is 2.21. The second-order valence-electron chi connectivity index (χ2n) is 3.98. The zero-order valence-electron chi connectivity index (χ0n) is 10.1. The van der Waals surface area contributed by atoms with Crippen LogP contribution >= 0.6 is 0 Å². The SMILES string of the molecule is CC[Si](CC(C)OCC1CO1)(OC)OC. The molecule has 0 aromatic rings. The Morgan fingerprint density at radius 1 is 1.40 bits per heavy atom. The van der Waals surface area contributed by atoms with E-state index in [9.17, 15) is 0 Å². The van der Waals surface area contributed by atoms with E-state index in [2.05, 4.69) is 13.8 Å². The first-order valence-corrected chi connectivity index (χ1v) is 7.72. The van der Waals surface area contributed by atoms with Crippen LogP contribution in [0.5, 0.6) is 0 Å². The highest BCUT2D eigenvalue weighted by atomic mass is 28.4. The minimum absolute atomic E-state index is 0.181. The van der Waals surface area contributed by atoms with E-state index in [4.69, 9.17) is 18.3 Å². The molecule has 0 spiro atoms. The first-order valence-electron chi connectivity index (χ1n) is 5.49. The molecule has 2 unspecified atom stereocenters. The molecule has 0 amide bonds. The van der Waals surface area contributed by atoms with Crippen LogP contribution in [0.25, 0.3) is 0 Å². The molecular weight excluding hydrogens is 212 g/mol. The Morgan fingerprint density at radius 3 is 2.40 bits per heavy atom. The Bertz CT molecular complexity index is 172. The maximum absolute atomic E-state index is 5.68. The minimum atomic E-state index is -2.00. The van der Waals surface area contributed by atoms with Gasteiger partial charge in [-0.3, -0.25) is 0 Å². The van der Waals surface area contributed by atoms with Gasteiger partial charge in [0, 0.05) is 20.3 Å². The van der Waals surface area contributed by atoms with Crippen LogP contribution in [0, 0.1) is 0 Å². The maximum Gasteiger partial charge on any atom is 0.339 e. The third kappa shape index (κ3) is 4.20. The van der Waals surface area contributed by atoms with Gasteiger partial charge in [-0.25, -0.2) is 0 Å². The molecule has 90 valence electrons. The lowest BCUT2D eigenvalue weighted by Crippen LogP contribution is -2.42. The molecule has 4 nitrogen and oxygen atoms in total. The topological polar surface area (TPSA) is 40.2 Å². The molecule has 0 bridgehead atoms. The average Bonchev–Trinajstić information content (AvgIpc) is 3.07. The molecule has 2 atom stereocenters. The number of epoxide rings is 1. The predicted octanol–water partition coefficient (Wildman–Crippen LogP) is 1.55. The van der Waals surface area contributed by atoms with Crippen molar-refractivity contribution in [2.75, 3.05) is 27.4 Å². The quantitative estimate of drug-likeness (QED) is 0.472. The lowest BCUT2D eigenvalue weighted by molar-refractivity contribution is 0.0580. The Hall–Kier alpha value is 0.0569. The number of hydrogen-bond acceptors (Lipinski definition) is 4. The zero-order chi connectivity index (χ0) is 11.3. The van der Waals surface area contributed by atoms with Crippen molar-refractivity contribution in [3.05, 3.63) is 0 Å². The molecule has 0 saturated carbocycles. The third-order valence-electron chi connectivity index (χ3n) is 2.85. The summed E-state index contributed by atoms with van der Waals surface area (Å²) < 4.78 is 21.8. The van der Waals surface area contributed by atoms with Gasteiger partial charge in [0.15, 0.2) is 0 Å². The molecule has 5 heteroatoms. The van der Waals surface area contributed by atoms with E-state index in [0.717, 1.165) is 18.7 Å². The van der Waals surface area contributed by atoms with Gasteiger partial charge in [0.1, 0.15) is 6.10 Å². The third-order valence-corrected chi connectivity index (χ3v) is 6.61. The fourth-order valence-corrected chi connectivity index (χ4v) is 3.98. The monoisotopic (exact) mass is 234 g/mol. The summed E-state index contributed by atoms with van der Waals surface area (Å²) in [6, 6.07) is 1.83. The molecule has 1 rings (SSSR count). The zero-order valence-corrected chi connectivity index (χ0v) is 11.1. The predicted molar refractivity (Wildman–Crippen MR) is 60.2 cm³/mol. The number of rotatable bonds is 8. The van der Waals surface area contributed by atoms with Crippen LogP contribution in [-0.4, -0.2) is 48.2 Å². The van der Waals surface area contributed by atoms with E-state index < -0.39 is 8.56 Å². The van der Waals surface area contributed by atoms with E-state index in [1.165, 1.54) is 0 Å². The second-order valence-corrected chi connectivity index (χ2v) is 7.73. The van der Waals surface area contributed by atoms with Crippen molar-refractivity contribution in [2.45, 2.75) is 38.1 Å². The first-order chi connectivity index (χ1) is 7.15. The van der Waals surface area contributed by atoms with Crippen molar-refractivity contribution in [2.24, 2.45) is 0 Å². The fourth-order valence-electron chi connectivity index (χ4n) is 1.62. The van der Waals surface area contributed by atoms with Crippen molar-refractivity contribution in [1.29, 1.82) is 0 Å². The summed E-state index contributed by atoms with van der Waals surface area (Å²) in [4.78, 5) is 0. The molecule has 1 aliphatic rings. The highest BCUT2D eigenvalue weighted by molar-refractivity contribution is 6.67. The summed E-state index contributed by atoms with van der Waals surface area (Å²) >= 11 is 0. The summed E-state index contributed by atoms with van der Waals surface area (Å²) in [7, 11) is 1.47. The van der Waals surface area contributed by atoms with E-state index in [-0.39, 0.29) is 6.10 Å². The molecule has 1 saturated heterocycles. The summed E-state index contributed by atoms with van der Waals surface area (Å²) in [6.45, 7) is 5.72. The van der Waals surface area contributed by atoms with Crippen LogP contribution in [0.2, 0.25) is 12.1 Å². The summed E-state index contributed by atoms with van der Waals surface area (Å²) in [5.41, 5.74) is 0. The van der Waals surface area contributed by atoms with Gasteiger partial charge in [-0.05, 0) is 13.0 Å². The number of hydrogen-bond donors (Lipinski definition) is 0. The molecule has 0 aromatic heterocycles. The van der Waals surface area contributed by atoms with Crippen LogP contribution in [-0.2, 0) is 18.3 Å². The molecule has 15 heavy (non-hydrogen) atoms. The van der Waals surface area contributed by atoms with Crippen molar-refractivity contribution in [3.63, 3.8) is 0 Å².